The second-order valence-electron chi connectivity index (χ2n) is 7.48. The molecule has 3 heterocycles. The zero-order valence-corrected chi connectivity index (χ0v) is 17.2. The third kappa shape index (κ3) is 3.98. The van der Waals surface area contributed by atoms with E-state index in [9.17, 15) is 4.39 Å². The summed E-state index contributed by atoms with van der Waals surface area (Å²) in [7, 11) is 0. The van der Waals surface area contributed by atoms with Crippen molar-refractivity contribution < 1.29 is 4.39 Å². The molecule has 0 saturated heterocycles. The number of nitrogens with zero attached hydrogens (tertiary/aromatic N) is 3. The third-order valence-electron chi connectivity index (χ3n) is 5.29. The van der Waals surface area contributed by atoms with Gasteiger partial charge in [-0.3, -0.25) is 15.1 Å². The van der Waals surface area contributed by atoms with Crippen LogP contribution in [-0.2, 0) is 6.42 Å². The molecule has 2 aromatic carbocycles. The summed E-state index contributed by atoms with van der Waals surface area (Å²) in [5, 5.41) is 11.7. The summed E-state index contributed by atoms with van der Waals surface area (Å²) in [5.74, 6) is -0.221. The van der Waals surface area contributed by atoms with Crippen molar-refractivity contribution in [2.24, 2.45) is 0 Å². The molecular weight excluding hydrogens is 401 g/mol. The number of H-pyrrole nitrogens is 1. The lowest BCUT2D eigenvalue weighted by Crippen LogP contribution is -2.00. The van der Waals surface area contributed by atoms with E-state index >= 15 is 0 Å². The molecular formula is C26H20FN5. The fourth-order valence-corrected chi connectivity index (χ4v) is 3.63. The van der Waals surface area contributed by atoms with Crippen molar-refractivity contribution in [1.29, 1.82) is 0 Å². The average Bonchev–Trinajstić information content (AvgIpc) is 3.26. The standard InChI is InChI=1S/C26H20FN5/c1-17(30-22-10-9-21(29-16-22)13-19-5-2-3-7-24(19)27)26-23-14-18(8-11-25(23)31-32-26)20-6-4-12-28-15-20/h2-12,14-16,30H,1,13H2,(H,31,32). The molecule has 0 saturated carbocycles. The number of rotatable bonds is 6. The van der Waals surface area contributed by atoms with Crippen LogP contribution < -0.4 is 5.32 Å². The fraction of sp³-hybridized carbons (Fsp3) is 0.0385. The second-order valence-corrected chi connectivity index (χ2v) is 7.48. The largest absolute Gasteiger partial charge is 0.353 e. The highest BCUT2D eigenvalue weighted by Gasteiger charge is 2.11. The van der Waals surface area contributed by atoms with Gasteiger partial charge in [-0.15, -0.1) is 0 Å². The van der Waals surface area contributed by atoms with Gasteiger partial charge < -0.3 is 5.32 Å². The zero-order chi connectivity index (χ0) is 21.9. The lowest BCUT2D eigenvalue weighted by molar-refractivity contribution is 0.613. The number of halogens is 1. The van der Waals surface area contributed by atoms with E-state index in [1.807, 2.05) is 48.7 Å². The molecule has 0 aliphatic heterocycles. The van der Waals surface area contributed by atoms with Crippen LogP contribution >= 0.6 is 0 Å². The third-order valence-corrected chi connectivity index (χ3v) is 5.29. The van der Waals surface area contributed by atoms with E-state index in [1.165, 1.54) is 6.07 Å². The molecule has 0 fully saturated rings. The molecule has 0 aliphatic rings. The van der Waals surface area contributed by atoms with Gasteiger partial charge in [0.2, 0.25) is 0 Å². The van der Waals surface area contributed by atoms with Gasteiger partial charge in [-0.2, -0.15) is 5.10 Å². The highest BCUT2D eigenvalue weighted by molar-refractivity contribution is 5.94. The normalized spacial score (nSPS) is 10.9. The van der Waals surface area contributed by atoms with E-state index in [0.717, 1.165) is 39.1 Å². The minimum absolute atomic E-state index is 0.221. The van der Waals surface area contributed by atoms with E-state index in [0.29, 0.717) is 17.7 Å². The predicted molar refractivity (Wildman–Crippen MR) is 125 cm³/mol. The average molecular weight is 421 g/mol. The van der Waals surface area contributed by atoms with Crippen LogP contribution in [0, 0.1) is 5.82 Å². The van der Waals surface area contributed by atoms with Gasteiger partial charge in [-0.05, 0) is 47.5 Å². The molecule has 5 rings (SSSR count). The first kappa shape index (κ1) is 19.6. The molecule has 6 heteroatoms. The smallest absolute Gasteiger partial charge is 0.126 e. The molecule has 0 aliphatic carbocycles. The van der Waals surface area contributed by atoms with Gasteiger partial charge in [0, 0.05) is 35.5 Å². The number of hydrogen-bond acceptors (Lipinski definition) is 4. The number of hydrogen-bond donors (Lipinski definition) is 2. The molecule has 3 aromatic heterocycles. The van der Waals surface area contributed by atoms with Crippen molar-refractivity contribution in [3.8, 4) is 11.1 Å². The van der Waals surface area contributed by atoms with Crippen LogP contribution in [0.4, 0.5) is 10.1 Å². The Morgan fingerprint density at radius 2 is 1.88 bits per heavy atom. The quantitative estimate of drug-likeness (QED) is 0.362. The molecule has 156 valence electrons. The van der Waals surface area contributed by atoms with E-state index in [2.05, 4.69) is 38.1 Å². The van der Waals surface area contributed by atoms with Crippen LogP contribution in [0.2, 0.25) is 0 Å². The van der Waals surface area contributed by atoms with E-state index in [4.69, 9.17) is 0 Å². The Bertz CT molecular complexity index is 1390. The number of aromatic amines is 1. The van der Waals surface area contributed by atoms with Crippen molar-refractivity contribution >= 4 is 22.3 Å². The molecule has 0 unspecified atom stereocenters. The summed E-state index contributed by atoms with van der Waals surface area (Å²) in [6, 6.07) is 20.6. The molecule has 2 N–H and O–H groups in total. The Labute approximate surface area is 184 Å². The molecule has 32 heavy (non-hydrogen) atoms. The number of fused-ring (bicyclic) bond motifs is 1. The van der Waals surface area contributed by atoms with Crippen molar-refractivity contribution in [2.75, 3.05) is 5.32 Å². The van der Waals surface area contributed by atoms with Crippen molar-refractivity contribution in [2.45, 2.75) is 6.42 Å². The summed E-state index contributed by atoms with van der Waals surface area (Å²) < 4.78 is 13.9. The summed E-state index contributed by atoms with van der Waals surface area (Å²) in [4.78, 5) is 8.66. The molecule has 5 nitrogen and oxygen atoms in total. The van der Waals surface area contributed by atoms with Crippen LogP contribution in [0.3, 0.4) is 0 Å². The van der Waals surface area contributed by atoms with E-state index in [-0.39, 0.29) is 5.82 Å². The van der Waals surface area contributed by atoms with Gasteiger partial charge in [0.15, 0.2) is 0 Å². The van der Waals surface area contributed by atoms with Crippen LogP contribution in [0.25, 0.3) is 27.7 Å². The van der Waals surface area contributed by atoms with Gasteiger partial charge in [-0.1, -0.05) is 36.9 Å². The van der Waals surface area contributed by atoms with Crippen molar-refractivity contribution in [3.63, 3.8) is 0 Å². The highest BCUT2D eigenvalue weighted by Crippen LogP contribution is 2.28. The summed E-state index contributed by atoms with van der Waals surface area (Å²) in [6.07, 6.45) is 5.75. The monoisotopic (exact) mass is 421 g/mol. The molecule has 0 amide bonds. The lowest BCUT2D eigenvalue weighted by Gasteiger charge is -2.09. The first-order valence-electron chi connectivity index (χ1n) is 10.2. The first-order chi connectivity index (χ1) is 15.7. The van der Waals surface area contributed by atoms with Crippen LogP contribution in [-0.4, -0.2) is 20.2 Å². The summed E-state index contributed by atoms with van der Waals surface area (Å²) in [5.41, 5.74) is 6.61. The summed E-state index contributed by atoms with van der Waals surface area (Å²) >= 11 is 0. The van der Waals surface area contributed by atoms with Gasteiger partial charge in [0.1, 0.15) is 11.5 Å². The highest BCUT2D eigenvalue weighted by atomic mass is 19.1. The second kappa shape index (κ2) is 8.43. The predicted octanol–water partition coefficient (Wildman–Crippen LogP) is 5.83. The number of benzene rings is 2. The Morgan fingerprint density at radius 3 is 2.66 bits per heavy atom. The molecule has 0 radical (unpaired) electrons. The van der Waals surface area contributed by atoms with Gasteiger partial charge in [0.25, 0.3) is 0 Å². The molecule has 5 aromatic rings. The number of aromatic nitrogens is 4. The van der Waals surface area contributed by atoms with E-state index < -0.39 is 0 Å². The summed E-state index contributed by atoms with van der Waals surface area (Å²) in [6.45, 7) is 4.16. The topological polar surface area (TPSA) is 66.5 Å². The Hall–Kier alpha value is -4.32. The van der Waals surface area contributed by atoms with Crippen molar-refractivity contribution in [3.05, 3.63) is 115 Å². The van der Waals surface area contributed by atoms with Gasteiger partial charge >= 0.3 is 0 Å². The van der Waals surface area contributed by atoms with Crippen LogP contribution in [0.15, 0.2) is 91.9 Å². The SMILES string of the molecule is C=C(Nc1ccc(Cc2ccccc2F)nc1)c1n[nH]c2ccc(-c3cccnc3)cc12. The zero-order valence-electron chi connectivity index (χ0n) is 17.2. The Balaban J connectivity index is 1.35. The maximum Gasteiger partial charge on any atom is 0.126 e. The lowest BCUT2D eigenvalue weighted by atomic mass is 10.0. The minimum atomic E-state index is -0.221. The Morgan fingerprint density at radius 1 is 0.969 bits per heavy atom. The van der Waals surface area contributed by atoms with Crippen molar-refractivity contribution in [1.82, 2.24) is 20.2 Å². The molecule has 0 spiro atoms. The Kier molecular flexibility index (Phi) is 5.17. The number of nitrogens with one attached hydrogen (secondary N) is 2. The maximum atomic E-state index is 13.9. The maximum absolute atomic E-state index is 13.9. The molecule has 0 bridgehead atoms. The van der Waals surface area contributed by atoms with Crippen LogP contribution in [0.5, 0.6) is 0 Å². The van der Waals surface area contributed by atoms with E-state index in [1.54, 1.807) is 24.5 Å². The van der Waals surface area contributed by atoms with Gasteiger partial charge in [0.05, 0.1) is 23.1 Å². The molecule has 0 atom stereocenters. The van der Waals surface area contributed by atoms with Crippen LogP contribution in [0.1, 0.15) is 17.0 Å². The van der Waals surface area contributed by atoms with Gasteiger partial charge in [-0.25, -0.2) is 4.39 Å². The number of anilines is 1. The first-order valence-corrected chi connectivity index (χ1v) is 10.2. The fourth-order valence-electron chi connectivity index (χ4n) is 3.63. The minimum Gasteiger partial charge on any atom is -0.353 e. The number of pyridine rings is 2.